The van der Waals surface area contributed by atoms with Crippen LogP contribution in [0.4, 0.5) is 14.5 Å². The van der Waals surface area contributed by atoms with Crippen LogP contribution in [0.3, 0.4) is 0 Å². The van der Waals surface area contributed by atoms with Crippen LogP contribution in [0.2, 0.25) is 0 Å². The smallest absolute Gasteiger partial charge is 0.251 e. The average Bonchev–Trinajstić information content (AvgIpc) is 2.71. The second-order valence-electron chi connectivity index (χ2n) is 4.89. The summed E-state index contributed by atoms with van der Waals surface area (Å²) < 4.78 is 28.9. The Bertz CT molecular complexity index is 697. The van der Waals surface area contributed by atoms with Crippen molar-refractivity contribution < 1.29 is 13.6 Å². The second-order valence-corrected chi connectivity index (χ2v) is 4.89. The van der Waals surface area contributed by atoms with Gasteiger partial charge in [0.25, 0.3) is 5.91 Å². The summed E-state index contributed by atoms with van der Waals surface area (Å²) in [7, 11) is 1.78. The molecule has 1 aromatic carbocycles. The monoisotopic (exact) mass is 294 g/mol. The van der Waals surface area contributed by atoms with E-state index in [9.17, 15) is 13.6 Å². The SMILES string of the molecule is Cc1nn(C)cc1C(C)Nc1cc(C(N)=O)c(F)cc1F. The number of hydrogen-bond acceptors (Lipinski definition) is 3. The molecule has 7 heteroatoms. The average molecular weight is 294 g/mol. The molecule has 0 fully saturated rings. The van der Waals surface area contributed by atoms with Crippen molar-refractivity contribution in [2.75, 3.05) is 5.32 Å². The molecule has 1 aromatic heterocycles. The number of nitrogens with one attached hydrogen (secondary N) is 1. The predicted octanol–water partition coefficient (Wildman–Crippen LogP) is 2.28. The topological polar surface area (TPSA) is 72.9 Å². The molecule has 1 amide bonds. The van der Waals surface area contributed by atoms with Crippen molar-refractivity contribution in [3.05, 3.63) is 46.8 Å². The van der Waals surface area contributed by atoms with Gasteiger partial charge in [-0.1, -0.05) is 0 Å². The molecule has 0 spiro atoms. The highest BCUT2D eigenvalue weighted by Crippen LogP contribution is 2.25. The summed E-state index contributed by atoms with van der Waals surface area (Å²) in [5.74, 6) is -2.71. The van der Waals surface area contributed by atoms with Crippen molar-refractivity contribution in [3.8, 4) is 0 Å². The van der Waals surface area contributed by atoms with E-state index in [1.165, 1.54) is 0 Å². The van der Waals surface area contributed by atoms with E-state index >= 15 is 0 Å². The number of hydrogen-bond donors (Lipinski definition) is 2. The maximum Gasteiger partial charge on any atom is 0.251 e. The standard InChI is InChI=1S/C14H16F2N4O/c1-7(10-6-20(3)19-8(10)2)18-13-4-9(14(17)21)11(15)5-12(13)16/h4-7,18H,1-3H3,(H2,17,21). The number of nitrogens with two attached hydrogens (primary N) is 1. The van der Waals surface area contributed by atoms with E-state index in [4.69, 9.17) is 5.73 Å². The fourth-order valence-corrected chi connectivity index (χ4v) is 2.20. The molecule has 0 saturated heterocycles. The van der Waals surface area contributed by atoms with Crippen LogP contribution in [0.15, 0.2) is 18.3 Å². The molecular formula is C14H16F2N4O. The first kappa shape index (κ1) is 15.0. The Kier molecular flexibility index (Phi) is 3.93. The van der Waals surface area contributed by atoms with Crippen LogP contribution in [0.5, 0.6) is 0 Å². The Labute approximate surface area is 120 Å². The fraction of sp³-hybridized carbons (Fsp3) is 0.286. The third-order valence-corrected chi connectivity index (χ3v) is 3.21. The van der Waals surface area contributed by atoms with Crippen molar-refractivity contribution in [2.45, 2.75) is 19.9 Å². The lowest BCUT2D eigenvalue weighted by atomic mass is 10.1. The molecule has 5 nitrogen and oxygen atoms in total. The van der Waals surface area contributed by atoms with E-state index in [1.54, 1.807) is 11.7 Å². The van der Waals surface area contributed by atoms with Crippen LogP contribution in [0.1, 0.15) is 34.6 Å². The largest absolute Gasteiger partial charge is 0.376 e. The van der Waals surface area contributed by atoms with Gasteiger partial charge >= 0.3 is 0 Å². The molecule has 0 aliphatic carbocycles. The zero-order valence-electron chi connectivity index (χ0n) is 11.9. The second kappa shape index (κ2) is 5.51. The first-order chi connectivity index (χ1) is 9.79. The molecular weight excluding hydrogens is 278 g/mol. The first-order valence-corrected chi connectivity index (χ1v) is 6.35. The maximum atomic E-state index is 13.8. The molecule has 0 aliphatic rings. The molecule has 21 heavy (non-hydrogen) atoms. The van der Waals surface area contributed by atoms with Crippen molar-refractivity contribution in [1.29, 1.82) is 0 Å². The summed E-state index contributed by atoms with van der Waals surface area (Å²) in [5, 5.41) is 7.11. The molecule has 1 unspecified atom stereocenters. The Morgan fingerprint density at radius 1 is 1.38 bits per heavy atom. The number of rotatable bonds is 4. The molecule has 1 heterocycles. The molecule has 2 rings (SSSR count). The van der Waals surface area contributed by atoms with Gasteiger partial charge in [-0.25, -0.2) is 8.78 Å². The van der Waals surface area contributed by atoms with Crippen molar-refractivity contribution in [3.63, 3.8) is 0 Å². The van der Waals surface area contributed by atoms with Gasteiger partial charge in [-0.15, -0.1) is 0 Å². The number of benzene rings is 1. The third-order valence-electron chi connectivity index (χ3n) is 3.21. The Hall–Kier alpha value is -2.44. The number of anilines is 1. The quantitative estimate of drug-likeness (QED) is 0.908. The number of carbonyl (C=O) groups excluding carboxylic acids is 1. The summed E-state index contributed by atoms with van der Waals surface area (Å²) in [5.41, 5.74) is 6.40. The van der Waals surface area contributed by atoms with Crippen molar-refractivity contribution in [2.24, 2.45) is 12.8 Å². The number of aromatic nitrogens is 2. The summed E-state index contributed by atoms with van der Waals surface area (Å²) in [6.07, 6.45) is 1.81. The molecule has 1 atom stereocenters. The van der Waals surface area contributed by atoms with Crippen molar-refractivity contribution in [1.82, 2.24) is 9.78 Å². The van der Waals surface area contributed by atoms with Crippen LogP contribution >= 0.6 is 0 Å². The molecule has 0 aliphatic heterocycles. The minimum atomic E-state index is -0.976. The molecule has 2 aromatic rings. The number of amides is 1. The minimum absolute atomic E-state index is 0.0148. The van der Waals surface area contributed by atoms with Crippen LogP contribution in [-0.2, 0) is 7.05 Å². The van der Waals surface area contributed by atoms with Crippen molar-refractivity contribution >= 4 is 11.6 Å². The third kappa shape index (κ3) is 3.01. The lowest BCUT2D eigenvalue weighted by Gasteiger charge is -2.16. The highest BCUT2D eigenvalue weighted by Gasteiger charge is 2.17. The van der Waals surface area contributed by atoms with Gasteiger partial charge in [0, 0.05) is 24.9 Å². The number of nitrogens with zero attached hydrogens (tertiary/aromatic N) is 2. The maximum absolute atomic E-state index is 13.8. The van der Waals surface area contributed by atoms with Gasteiger partial charge in [0.1, 0.15) is 11.6 Å². The van der Waals surface area contributed by atoms with Gasteiger partial charge in [-0.05, 0) is 19.9 Å². The molecule has 112 valence electrons. The molecule has 3 N–H and O–H groups in total. The zero-order valence-corrected chi connectivity index (χ0v) is 11.9. The lowest BCUT2D eigenvalue weighted by Crippen LogP contribution is -2.15. The lowest BCUT2D eigenvalue weighted by molar-refractivity contribution is 0.0996. The predicted molar refractivity (Wildman–Crippen MR) is 74.9 cm³/mol. The van der Waals surface area contributed by atoms with E-state index in [-0.39, 0.29) is 17.3 Å². The van der Waals surface area contributed by atoms with Crippen LogP contribution in [0.25, 0.3) is 0 Å². The van der Waals surface area contributed by atoms with Gasteiger partial charge in [-0.3, -0.25) is 9.48 Å². The summed E-state index contributed by atoms with van der Waals surface area (Å²) in [6, 6.07) is 1.46. The number of aryl methyl sites for hydroxylation is 2. The fourth-order valence-electron chi connectivity index (χ4n) is 2.20. The number of halogens is 2. The van der Waals surface area contributed by atoms with Gasteiger partial charge in [0.2, 0.25) is 0 Å². The molecule has 0 bridgehead atoms. The van der Waals surface area contributed by atoms with E-state index in [0.717, 1.165) is 17.3 Å². The zero-order chi connectivity index (χ0) is 15.7. The van der Waals surface area contributed by atoms with Gasteiger partial charge in [0.15, 0.2) is 0 Å². The summed E-state index contributed by atoms with van der Waals surface area (Å²) >= 11 is 0. The van der Waals surface area contributed by atoms with E-state index in [0.29, 0.717) is 6.07 Å². The molecule has 0 saturated carbocycles. The highest BCUT2D eigenvalue weighted by atomic mass is 19.1. The van der Waals surface area contributed by atoms with Crippen LogP contribution < -0.4 is 11.1 Å². The van der Waals surface area contributed by atoms with E-state index in [1.807, 2.05) is 20.0 Å². The number of primary amides is 1. The highest BCUT2D eigenvalue weighted by molar-refractivity contribution is 5.94. The van der Waals surface area contributed by atoms with Crippen LogP contribution in [-0.4, -0.2) is 15.7 Å². The van der Waals surface area contributed by atoms with Gasteiger partial charge in [-0.2, -0.15) is 5.10 Å². The molecule has 0 radical (unpaired) electrons. The first-order valence-electron chi connectivity index (χ1n) is 6.35. The minimum Gasteiger partial charge on any atom is -0.376 e. The Morgan fingerprint density at radius 2 is 2.05 bits per heavy atom. The van der Waals surface area contributed by atoms with Gasteiger partial charge in [0.05, 0.1) is 23.0 Å². The number of carbonyl (C=O) groups is 1. The van der Waals surface area contributed by atoms with Crippen LogP contribution in [0, 0.1) is 18.6 Å². The Balaban J connectivity index is 2.33. The van der Waals surface area contributed by atoms with E-state index in [2.05, 4.69) is 10.4 Å². The normalized spacial score (nSPS) is 12.2. The van der Waals surface area contributed by atoms with E-state index < -0.39 is 17.5 Å². The summed E-state index contributed by atoms with van der Waals surface area (Å²) in [4.78, 5) is 11.1. The van der Waals surface area contributed by atoms with Gasteiger partial charge < -0.3 is 11.1 Å². The summed E-state index contributed by atoms with van der Waals surface area (Å²) in [6.45, 7) is 3.65. The Morgan fingerprint density at radius 3 is 2.57 bits per heavy atom.